The number of nitrogens with one attached hydrogen (secondary N) is 2. The van der Waals surface area contributed by atoms with E-state index in [9.17, 15) is 14.0 Å². The van der Waals surface area contributed by atoms with Crippen molar-refractivity contribution in [1.29, 1.82) is 0 Å². The highest BCUT2D eigenvalue weighted by Crippen LogP contribution is 2.32. The maximum Gasteiger partial charge on any atom is 0.338 e. The summed E-state index contributed by atoms with van der Waals surface area (Å²) in [6.07, 6.45) is 3.03. The number of hydrogen-bond acceptors (Lipinski definition) is 7. The summed E-state index contributed by atoms with van der Waals surface area (Å²) in [5.41, 5.74) is 2.58. The fourth-order valence-electron chi connectivity index (χ4n) is 3.94. The van der Waals surface area contributed by atoms with Gasteiger partial charge in [0.2, 0.25) is 0 Å². The third-order valence-electron chi connectivity index (χ3n) is 5.61. The molecule has 12 heteroatoms. The van der Waals surface area contributed by atoms with Crippen molar-refractivity contribution in [2.24, 2.45) is 0 Å². The molecule has 188 valence electrons. The van der Waals surface area contributed by atoms with E-state index in [0.29, 0.717) is 43.6 Å². The number of rotatable bonds is 7. The summed E-state index contributed by atoms with van der Waals surface area (Å²) in [4.78, 5) is 34.3. The van der Waals surface area contributed by atoms with E-state index in [1.807, 2.05) is 0 Å². The van der Waals surface area contributed by atoms with Gasteiger partial charge in [-0.2, -0.15) is 5.10 Å². The van der Waals surface area contributed by atoms with Crippen molar-refractivity contribution in [3.63, 3.8) is 0 Å². The van der Waals surface area contributed by atoms with Crippen LogP contribution in [0.4, 0.5) is 9.18 Å². The predicted molar refractivity (Wildman–Crippen MR) is 137 cm³/mol. The summed E-state index contributed by atoms with van der Waals surface area (Å²) in [5.74, 6) is -0.667. The van der Waals surface area contributed by atoms with Gasteiger partial charge < -0.3 is 15.4 Å². The maximum atomic E-state index is 13.4. The Labute approximate surface area is 220 Å². The van der Waals surface area contributed by atoms with Crippen LogP contribution in [0.3, 0.4) is 0 Å². The summed E-state index contributed by atoms with van der Waals surface area (Å²) in [6, 6.07) is 11.6. The van der Waals surface area contributed by atoms with Crippen LogP contribution in [-0.4, -0.2) is 44.1 Å². The fourth-order valence-corrected chi connectivity index (χ4v) is 4.99. The van der Waals surface area contributed by atoms with Gasteiger partial charge in [-0.3, -0.25) is 0 Å². The summed E-state index contributed by atoms with van der Waals surface area (Å²) in [7, 11) is 0. The van der Waals surface area contributed by atoms with E-state index in [-0.39, 0.29) is 18.2 Å². The highest BCUT2D eigenvalue weighted by molar-refractivity contribution is 7.99. The number of thioether (sulfide) groups is 1. The molecule has 0 unspecified atom stereocenters. The predicted octanol–water partition coefficient (Wildman–Crippen LogP) is 4.57. The molecule has 2 aromatic heterocycles. The van der Waals surface area contributed by atoms with Crippen molar-refractivity contribution < 1.29 is 18.7 Å². The first-order valence-corrected chi connectivity index (χ1v) is 12.6. The maximum absolute atomic E-state index is 13.4. The first-order valence-electron chi connectivity index (χ1n) is 11.2. The number of nitrogens with zero attached hydrogens (tertiary/aromatic N) is 4. The van der Waals surface area contributed by atoms with Crippen LogP contribution in [0.2, 0.25) is 5.02 Å². The number of benzene rings is 2. The third-order valence-corrected chi connectivity index (χ3v) is 6.89. The van der Waals surface area contributed by atoms with Crippen molar-refractivity contribution in [2.45, 2.75) is 18.0 Å². The Morgan fingerprint density at radius 1 is 1.16 bits per heavy atom. The molecule has 0 spiro atoms. The number of urea groups is 1. The first-order chi connectivity index (χ1) is 17.9. The molecule has 0 fully saturated rings. The molecule has 3 heterocycles. The van der Waals surface area contributed by atoms with Crippen LogP contribution >= 0.6 is 23.4 Å². The summed E-state index contributed by atoms with van der Waals surface area (Å²) < 4.78 is 20.3. The standard InChI is InChI=1S/C25H20ClFN6O3S/c1-2-36-24(34)20-19(31-25(35)32-21(20)14-3-5-15(26)6-4-14)12-37-23-18-11-30-33(22(18)28-13-29-23)17-9-7-16(27)8-10-17/h3-11,13,21H,2,12H2,1H3,(H2,31,32,35)/t21-/m0/s1. The molecule has 0 aliphatic carbocycles. The second kappa shape index (κ2) is 10.6. The number of esters is 1. The van der Waals surface area contributed by atoms with Gasteiger partial charge in [0.25, 0.3) is 0 Å². The molecular weight excluding hydrogens is 519 g/mol. The number of carbonyl (C=O) groups is 2. The summed E-state index contributed by atoms with van der Waals surface area (Å²) in [5, 5.41) is 11.8. The second-order valence-corrected chi connectivity index (χ2v) is 9.33. The van der Waals surface area contributed by atoms with Crippen LogP contribution in [0.25, 0.3) is 16.7 Å². The molecular formula is C25H20ClFN6O3S. The lowest BCUT2D eigenvalue weighted by molar-refractivity contribution is -0.139. The van der Waals surface area contributed by atoms with Gasteiger partial charge >= 0.3 is 12.0 Å². The fraction of sp³-hybridized carbons (Fsp3) is 0.160. The van der Waals surface area contributed by atoms with Crippen molar-refractivity contribution in [1.82, 2.24) is 30.4 Å². The molecule has 1 aliphatic rings. The van der Waals surface area contributed by atoms with Gasteiger partial charge in [-0.05, 0) is 48.9 Å². The molecule has 2 aromatic carbocycles. The molecule has 37 heavy (non-hydrogen) atoms. The molecule has 0 saturated heterocycles. The number of amides is 2. The minimum atomic E-state index is -0.715. The Hall–Kier alpha value is -3.96. The molecule has 2 N–H and O–H groups in total. The van der Waals surface area contributed by atoms with Crippen molar-refractivity contribution in [3.05, 3.63) is 88.7 Å². The van der Waals surface area contributed by atoms with Gasteiger partial charge in [-0.15, -0.1) is 0 Å². The van der Waals surface area contributed by atoms with Crippen LogP contribution in [0.5, 0.6) is 0 Å². The van der Waals surface area contributed by atoms with E-state index in [1.165, 1.54) is 30.2 Å². The minimum Gasteiger partial charge on any atom is -0.463 e. The van der Waals surface area contributed by atoms with Crippen molar-refractivity contribution >= 4 is 46.4 Å². The molecule has 0 bridgehead atoms. The lowest BCUT2D eigenvalue weighted by atomic mass is 9.95. The normalized spacial score (nSPS) is 15.4. The SMILES string of the molecule is CCOC(=O)C1=C(CSc2ncnc3c2cnn3-c2ccc(F)cc2)NC(=O)N[C@H]1c1ccc(Cl)cc1. The van der Waals surface area contributed by atoms with Gasteiger partial charge in [0.15, 0.2) is 5.65 Å². The number of ether oxygens (including phenoxy) is 1. The molecule has 1 aliphatic heterocycles. The van der Waals surface area contributed by atoms with Gasteiger partial charge in [0.05, 0.1) is 35.5 Å². The molecule has 1 atom stereocenters. The third kappa shape index (κ3) is 5.13. The lowest BCUT2D eigenvalue weighted by Crippen LogP contribution is -2.46. The van der Waals surface area contributed by atoms with Gasteiger partial charge in [0.1, 0.15) is 17.2 Å². The Morgan fingerprint density at radius 3 is 2.65 bits per heavy atom. The van der Waals surface area contributed by atoms with Crippen molar-refractivity contribution in [3.8, 4) is 5.69 Å². The Morgan fingerprint density at radius 2 is 1.92 bits per heavy atom. The number of carbonyl (C=O) groups excluding carboxylic acids is 2. The van der Waals surface area contributed by atoms with Gasteiger partial charge in [-0.1, -0.05) is 35.5 Å². The number of aromatic nitrogens is 4. The Bertz CT molecular complexity index is 1510. The van der Waals surface area contributed by atoms with Crippen LogP contribution in [0.15, 0.2) is 77.4 Å². The summed E-state index contributed by atoms with van der Waals surface area (Å²) in [6.45, 7) is 1.90. The molecule has 0 saturated carbocycles. The van der Waals surface area contributed by atoms with Crippen LogP contribution in [-0.2, 0) is 9.53 Å². The smallest absolute Gasteiger partial charge is 0.338 e. The van der Waals surface area contributed by atoms with Gasteiger partial charge in [-0.25, -0.2) is 28.6 Å². The highest BCUT2D eigenvalue weighted by Gasteiger charge is 2.33. The molecule has 5 rings (SSSR count). The number of hydrogen-bond donors (Lipinski definition) is 2. The average molecular weight is 539 g/mol. The van der Waals surface area contributed by atoms with Crippen molar-refractivity contribution in [2.75, 3.05) is 12.4 Å². The van der Waals surface area contributed by atoms with Gasteiger partial charge in [0, 0.05) is 16.5 Å². The topological polar surface area (TPSA) is 111 Å². The van der Waals surface area contributed by atoms with E-state index >= 15 is 0 Å². The zero-order valence-electron chi connectivity index (χ0n) is 19.4. The van der Waals surface area contributed by atoms with E-state index in [2.05, 4.69) is 25.7 Å². The van der Waals surface area contributed by atoms with Crippen LogP contribution in [0.1, 0.15) is 18.5 Å². The molecule has 9 nitrogen and oxygen atoms in total. The lowest BCUT2D eigenvalue weighted by Gasteiger charge is -2.29. The summed E-state index contributed by atoms with van der Waals surface area (Å²) >= 11 is 7.34. The van der Waals surface area contributed by atoms with E-state index < -0.39 is 18.0 Å². The van der Waals surface area contributed by atoms with E-state index in [0.717, 1.165) is 0 Å². The Balaban J connectivity index is 1.49. The highest BCUT2D eigenvalue weighted by atomic mass is 35.5. The minimum absolute atomic E-state index is 0.180. The average Bonchev–Trinajstić information content (AvgIpc) is 3.33. The molecule has 2 amide bonds. The second-order valence-electron chi connectivity index (χ2n) is 7.93. The first kappa shape index (κ1) is 24.7. The largest absolute Gasteiger partial charge is 0.463 e. The monoisotopic (exact) mass is 538 g/mol. The van der Waals surface area contributed by atoms with Crippen LogP contribution in [0, 0.1) is 5.82 Å². The van der Waals surface area contributed by atoms with E-state index in [4.69, 9.17) is 16.3 Å². The zero-order valence-corrected chi connectivity index (χ0v) is 21.0. The van der Waals surface area contributed by atoms with Crippen LogP contribution < -0.4 is 10.6 Å². The quantitative estimate of drug-likeness (QED) is 0.201. The molecule has 4 aromatic rings. The number of fused-ring (bicyclic) bond motifs is 1. The zero-order chi connectivity index (χ0) is 25.9. The van der Waals surface area contributed by atoms with E-state index in [1.54, 1.807) is 54.2 Å². The Kier molecular flexibility index (Phi) is 7.06. The molecule has 0 radical (unpaired) electrons. The number of halogens is 2.